The number of aliphatic hydroxyl groups excluding tert-OH is 1. The van der Waals surface area contributed by atoms with Crippen molar-refractivity contribution in [2.24, 2.45) is 0 Å². The lowest BCUT2D eigenvalue weighted by Crippen LogP contribution is -2.25. The van der Waals surface area contributed by atoms with Gasteiger partial charge in [-0.1, -0.05) is 23.7 Å². The van der Waals surface area contributed by atoms with Gasteiger partial charge >= 0.3 is 0 Å². The van der Waals surface area contributed by atoms with E-state index in [2.05, 4.69) is 12.2 Å². The van der Waals surface area contributed by atoms with Crippen molar-refractivity contribution in [2.45, 2.75) is 32.4 Å². The lowest BCUT2D eigenvalue weighted by Gasteiger charge is -2.14. The van der Waals surface area contributed by atoms with Gasteiger partial charge in [0.05, 0.1) is 5.02 Å². The predicted molar refractivity (Wildman–Crippen MR) is 65.7 cm³/mol. The zero-order valence-electron chi connectivity index (χ0n) is 9.41. The maximum atomic E-state index is 9.67. The first kappa shape index (κ1) is 13.3. The molecular formula is C12H18ClNO2. The molecule has 3 N–H and O–H groups in total. The molecule has 1 unspecified atom stereocenters. The van der Waals surface area contributed by atoms with Gasteiger partial charge in [0, 0.05) is 24.8 Å². The van der Waals surface area contributed by atoms with Gasteiger partial charge in [-0.3, -0.25) is 0 Å². The van der Waals surface area contributed by atoms with E-state index in [4.69, 9.17) is 16.7 Å². The molecule has 1 rings (SSSR count). The summed E-state index contributed by atoms with van der Waals surface area (Å²) in [7, 11) is 0. The minimum Gasteiger partial charge on any atom is -0.506 e. The number of para-hydroxylation sites is 1. The molecule has 1 atom stereocenters. The second kappa shape index (κ2) is 6.74. The van der Waals surface area contributed by atoms with Gasteiger partial charge in [0.1, 0.15) is 5.75 Å². The summed E-state index contributed by atoms with van der Waals surface area (Å²) in [4.78, 5) is 0. The van der Waals surface area contributed by atoms with Gasteiger partial charge in [0.15, 0.2) is 0 Å². The summed E-state index contributed by atoms with van der Waals surface area (Å²) in [6.45, 7) is 2.85. The Morgan fingerprint density at radius 2 is 2.19 bits per heavy atom. The molecule has 1 aromatic rings. The Morgan fingerprint density at radius 1 is 1.44 bits per heavy atom. The molecule has 4 heteroatoms. The number of aliphatic hydroxyl groups is 1. The van der Waals surface area contributed by atoms with Crippen LogP contribution in [-0.2, 0) is 6.54 Å². The van der Waals surface area contributed by atoms with Crippen LogP contribution in [0.1, 0.15) is 25.3 Å². The molecule has 0 aliphatic heterocycles. The van der Waals surface area contributed by atoms with Crippen molar-refractivity contribution >= 4 is 11.6 Å². The Morgan fingerprint density at radius 3 is 2.88 bits per heavy atom. The van der Waals surface area contributed by atoms with Crippen molar-refractivity contribution in [1.82, 2.24) is 5.32 Å². The molecule has 0 saturated carbocycles. The van der Waals surface area contributed by atoms with Crippen molar-refractivity contribution in [3.63, 3.8) is 0 Å². The number of phenols is 1. The molecule has 0 aliphatic carbocycles. The van der Waals surface area contributed by atoms with Crippen LogP contribution in [0.2, 0.25) is 5.02 Å². The van der Waals surface area contributed by atoms with Crippen LogP contribution in [0, 0.1) is 0 Å². The molecule has 0 radical (unpaired) electrons. The molecular weight excluding hydrogens is 226 g/mol. The lowest BCUT2D eigenvalue weighted by atomic mass is 10.1. The van der Waals surface area contributed by atoms with Crippen LogP contribution in [0.15, 0.2) is 18.2 Å². The molecule has 90 valence electrons. The highest BCUT2D eigenvalue weighted by Crippen LogP contribution is 2.26. The van der Waals surface area contributed by atoms with E-state index in [0.717, 1.165) is 18.4 Å². The van der Waals surface area contributed by atoms with Gasteiger partial charge < -0.3 is 15.5 Å². The Kier molecular flexibility index (Phi) is 5.60. The van der Waals surface area contributed by atoms with E-state index < -0.39 is 0 Å². The van der Waals surface area contributed by atoms with Gasteiger partial charge in [-0.2, -0.15) is 0 Å². The van der Waals surface area contributed by atoms with Crippen molar-refractivity contribution in [2.75, 3.05) is 6.61 Å². The summed E-state index contributed by atoms with van der Waals surface area (Å²) in [5, 5.41) is 22.0. The largest absolute Gasteiger partial charge is 0.506 e. The molecule has 1 aromatic carbocycles. The summed E-state index contributed by atoms with van der Waals surface area (Å²) in [5.74, 6) is 0.144. The van der Waals surface area contributed by atoms with Crippen LogP contribution >= 0.6 is 11.6 Å². The van der Waals surface area contributed by atoms with Gasteiger partial charge in [-0.05, 0) is 25.8 Å². The lowest BCUT2D eigenvalue weighted by molar-refractivity contribution is 0.276. The van der Waals surface area contributed by atoms with Gasteiger partial charge in [-0.25, -0.2) is 0 Å². The number of nitrogens with one attached hydrogen (secondary N) is 1. The summed E-state index contributed by atoms with van der Waals surface area (Å²) >= 11 is 5.80. The van der Waals surface area contributed by atoms with E-state index in [1.54, 1.807) is 6.07 Å². The average molecular weight is 244 g/mol. The third kappa shape index (κ3) is 4.00. The third-order valence-electron chi connectivity index (χ3n) is 2.51. The standard InChI is InChI=1S/C12H18ClNO2/c1-9(4-3-7-15)14-8-10-5-2-6-11(13)12(10)16/h2,5-6,9,14-16H,3-4,7-8H2,1H3. The molecule has 0 heterocycles. The topological polar surface area (TPSA) is 52.5 Å². The van der Waals surface area contributed by atoms with E-state index in [-0.39, 0.29) is 12.4 Å². The zero-order chi connectivity index (χ0) is 12.0. The highest BCUT2D eigenvalue weighted by molar-refractivity contribution is 6.32. The van der Waals surface area contributed by atoms with Gasteiger partial charge in [-0.15, -0.1) is 0 Å². The van der Waals surface area contributed by atoms with E-state index in [1.807, 2.05) is 12.1 Å². The van der Waals surface area contributed by atoms with Gasteiger partial charge in [0.25, 0.3) is 0 Å². The third-order valence-corrected chi connectivity index (χ3v) is 2.81. The van der Waals surface area contributed by atoms with E-state index >= 15 is 0 Å². The number of halogens is 1. The summed E-state index contributed by atoms with van der Waals surface area (Å²) < 4.78 is 0. The van der Waals surface area contributed by atoms with E-state index in [1.165, 1.54) is 0 Å². The maximum absolute atomic E-state index is 9.67. The quantitative estimate of drug-likeness (QED) is 0.719. The monoisotopic (exact) mass is 243 g/mol. The summed E-state index contributed by atoms with van der Waals surface area (Å²) in [5.41, 5.74) is 0.795. The fourth-order valence-corrected chi connectivity index (χ4v) is 1.68. The second-order valence-corrected chi connectivity index (χ2v) is 4.30. The number of hydrogen-bond donors (Lipinski definition) is 3. The van der Waals surface area contributed by atoms with Crippen molar-refractivity contribution in [3.8, 4) is 5.75 Å². The number of aromatic hydroxyl groups is 1. The molecule has 0 aromatic heterocycles. The molecule has 16 heavy (non-hydrogen) atoms. The zero-order valence-corrected chi connectivity index (χ0v) is 10.2. The minimum atomic E-state index is 0.144. The number of phenolic OH excluding ortho intramolecular Hbond substituents is 1. The van der Waals surface area contributed by atoms with E-state index in [0.29, 0.717) is 17.6 Å². The number of rotatable bonds is 6. The molecule has 0 spiro atoms. The number of benzene rings is 1. The smallest absolute Gasteiger partial charge is 0.138 e. The molecule has 3 nitrogen and oxygen atoms in total. The van der Waals surface area contributed by atoms with Crippen molar-refractivity contribution < 1.29 is 10.2 Å². The van der Waals surface area contributed by atoms with E-state index in [9.17, 15) is 5.11 Å². The molecule has 0 aliphatic rings. The first-order valence-corrected chi connectivity index (χ1v) is 5.83. The van der Waals surface area contributed by atoms with Crippen LogP contribution in [0.4, 0.5) is 0 Å². The fraction of sp³-hybridized carbons (Fsp3) is 0.500. The Balaban J connectivity index is 2.45. The molecule has 0 fully saturated rings. The predicted octanol–water partition coefficient (Wildman–Crippen LogP) is 2.30. The SMILES string of the molecule is CC(CCCO)NCc1cccc(Cl)c1O. The fourth-order valence-electron chi connectivity index (χ4n) is 1.49. The Labute approximate surface area is 101 Å². The Hall–Kier alpha value is -0.770. The average Bonchev–Trinajstić information content (AvgIpc) is 2.28. The van der Waals surface area contributed by atoms with Crippen molar-refractivity contribution in [1.29, 1.82) is 0 Å². The highest BCUT2D eigenvalue weighted by Gasteiger charge is 2.06. The molecule has 0 amide bonds. The van der Waals surface area contributed by atoms with Crippen LogP contribution in [-0.4, -0.2) is 22.9 Å². The first-order chi connectivity index (χ1) is 7.65. The van der Waals surface area contributed by atoms with Gasteiger partial charge in [0.2, 0.25) is 0 Å². The van der Waals surface area contributed by atoms with Crippen LogP contribution in [0.5, 0.6) is 5.75 Å². The summed E-state index contributed by atoms with van der Waals surface area (Å²) in [6, 6.07) is 5.63. The molecule has 0 saturated heterocycles. The van der Waals surface area contributed by atoms with Crippen LogP contribution in [0.25, 0.3) is 0 Å². The highest BCUT2D eigenvalue weighted by atomic mass is 35.5. The minimum absolute atomic E-state index is 0.144. The normalized spacial score (nSPS) is 12.7. The molecule has 0 bridgehead atoms. The van der Waals surface area contributed by atoms with Crippen LogP contribution in [0.3, 0.4) is 0 Å². The number of hydrogen-bond acceptors (Lipinski definition) is 3. The Bertz CT molecular complexity index is 331. The maximum Gasteiger partial charge on any atom is 0.138 e. The van der Waals surface area contributed by atoms with Crippen LogP contribution < -0.4 is 5.32 Å². The second-order valence-electron chi connectivity index (χ2n) is 3.90. The summed E-state index contributed by atoms with van der Waals surface area (Å²) in [6.07, 6.45) is 1.70. The van der Waals surface area contributed by atoms with Crippen molar-refractivity contribution in [3.05, 3.63) is 28.8 Å². The first-order valence-electron chi connectivity index (χ1n) is 5.45.